The number of rotatable bonds is 5. The Bertz CT molecular complexity index is 1170. The van der Waals surface area contributed by atoms with E-state index in [-0.39, 0.29) is 32.4 Å². The number of halogens is 3. The van der Waals surface area contributed by atoms with Crippen LogP contribution in [0.5, 0.6) is 5.75 Å². The fourth-order valence-corrected chi connectivity index (χ4v) is 4.52. The van der Waals surface area contributed by atoms with Gasteiger partial charge in [-0.15, -0.1) is 0 Å². The van der Waals surface area contributed by atoms with Crippen LogP contribution in [0, 0.1) is 0 Å². The zero-order chi connectivity index (χ0) is 23.8. The molecular formula is C22H24Cl3N3O3Si. The monoisotopic (exact) mass is 511 g/mol. The number of nitrogens with zero attached hydrogens (tertiary/aromatic N) is 2. The van der Waals surface area contributed by atoms with Gasteiger partial charge in [-0.3, -0.25) is 4.79 Å². The van der Waals surface area contributed by atoms with Gasteiger partial charge in [0.25, 0.3) is 8.32 Å². The number of carbonyl (C=O) groups is 1. The van der Waals surface area contributed by atoms with Crippen molar-refractivity contribution in [2.45, 2.75) is 45.8 Å². The Labute approximate surface area is 203 Å². The minimum atomic E-state index is -2.13. The highest BCUT2D eigenvalue weighted by Gasteiger charge is 2.39. The van der Waals surface area contributed by atoms with Gasteiger partial charge < -0.3 is 14.3 Å². The number of pyridine rings is 1. The molecule has 0 saturated heterocycles. The molecule has 0 bridgehead atoms. The standard InChI is InChI=1S/C22H24Cl3N3O3Si/c1-12(29)27-20-14(24)11-26-21(19(20)25)17-10-15(28-30-17)18-13(23)8-7-9-16(18)31-32(5,6)22(2,3)4/h7-11H,1-6H3,(H,26,27,29). The van der Waals surface area contributed by atoms with Gasteiger partial charge in [-0.25, -0.2) is 4.98 Å². The van der Waals surface area contributed by atoms with Crippen LogP contribution in [0.2, 0.25) is 33.2 Å². The second-order valence-electron chi connectivity index (χ2n) is 8.88. The molecule has 1 aromatic carbocycles. The molecule has 0 aliphatic heterocycles. The first-order valence-electron chi connectivity index (χ1n) is 9.88. The summed E-state index contributed by atoms with van der Waals surface area (Å²) in [7, 11) is -2.13. The van der Waals surface area contributed by atoms with Gasteiger partial charge in [0.1, 0.15) is 17.1 Å². The van der Waals surface area contributed by atoms with Crippen LogP contribution in [0.25, 0.3) is 22.7 Å². The van der Waals surface area contributed by atoms with Gasteiger partial charge in [0.05, 0.1) is 26.3 Å². The highest BCUT2D eigenvalue weighted by Crippen LogP contribution is 2.44. The van der Waals surface area contributed by atoms with Gasteiger partial charge >= 0.3 is 0 Å². The summed E-state index contributed by atoms with van der Waals surface area (Å²) in [6.07, 6.45) is 1.39. The molecule has 10 heteroatoms. The van der Waals surface area contributed by atoms with Crippen LogP contribution in [0.1, 0.15) is 27.7 Å². The Hall–Kier alpha value is -2.06. The van der Waals surface area contributed by atoms with Crippen molar-refractivity contribution >= 4 is 54.7 Å². The average molecular weight is 513 g/mol. The molecule has 0 aliphatic rings. The van der Waals surface area contributed by atoms with Crippen molar-refractivity contribution in [2.24, 2.45) is 0 Å². The molecular weight excluding hydrogens is 489 g/mol. The van der Waals surface area contributed by atoms with Crippen molar-refractivity contribution in [3.8, 4) is 28.5 Å². The van der Waals surface area contributed by atoms with Crippen molar-refractivity contribution in [1.29, 1.82) is 0 Å². The third-order valence-corrected chi connectivity index (χ3v) is 10.7. The van der Waals surface area contributed by atoms with Gasteiger partial charge in [0, 0.05) is 19.2 Å². The molecule has 0 aliphatic carbocycles. The second kappa shape index (κ2) is 9.06. The zero-order valence-electron chi connectivity index (χ0n) is 18.6. The molecule has 0 saturated carbocycles. The highest BCUT2D eigenvalue weighted by atomic mass is 35.5. The topological polar surface area (TPSA) is 77.2 Å². The van der Waals surface area contributed by atoms with E-state index in [1.807, 2.05) is 12.1 Å². The van der Waals surface area contributed by atoms with Crippen molar-refractivity contribution < 1.29 is 13.7 Å². The van der Waals surface area contributed by atoms with Crippen LogP contribution in [-0.4, -0.2) is 24.4 Å². The van der Waals surface area contributed by atoms with Crippen molar-refractivity contribution in [1.82, 2.24) is 10.1 Å². The highest BCUT2D eigenvalue weighted by molar-refractivity contribution is 6.74. The Balaban J connectivity index is 2.06. The number of benzene rings is 1. The fraction of sp³-hybridized carbons (Fsp3) is 0.318. The summed E-state index contributed by atoms with van der Waals surface area (Å²) in [5, 5.41) is 7.64. The van der Waals surface area contributed by atoms with Crippen LogP contribution in [-0.2, 0) is 4.79 Å². The summed E-state index contributed by atoms with van der Waals surface area (Å²) < 4.78 is 12.1. The summed E-state index contributed by atoms with van der Waals surface area (Å²) in [4.78, 5) is 15.8. The third kappa shape index (κ3) is 4.96. The van der Waals surface area contributed by atoms with E-state index >= 15 is 0 Å². The molecule has 1 N–H and O–H groups in total. The van der Waals surface area contributed by atoms with Crippen LogP contribution in [0.4, 0.5) is 5.69 Å². The number of hydrogen-bond donors (Lipinski definition) is 1. The van der Waals surface area contributed by atoms with E-state index in [1.54, 1.807) is 12.1 Å². The number of aromatic nitrogens is 2. The van der Waals surface area contributed by atoms with Crippen LogP contribution in [0.3, 0.4) is 0 Å². The number of carbonyl (C=O) groups excluding carboxylic acids is 1. The van der Waals surface area contributed by atoms with E-state index in [1.165, 1.54) is 13.1 Å². The predicted octanol–water partition coefficient (Wildman–Crippen LogP) is 7.71. The number of anilines is 1. The molecule has 2 aromatic heterocycles. The lowest BCUT2D eigenvalue weighted by atomic mass is 10.1. The van der Waals surface area contributed by atoms with Gasteiger partial charge in [-0.1, -0.05) is 66.8 Å². The van der Waals surface area contributed by atoms with Crippen molar-refractivity contribution in [2.75, 3.05) is 5.32 Å². The number of nitrogens with one attached hydrogen (secondary N) is 1. The lowest BCUT2D eigenvalue weighted by molar-refractivity contribution is -0.114. The summed E-state index contributed by atoms with van der Waals surface area (Å²) in [5.41, 5.74) is 1.65. The minimum absolute atomic E-state index is 0.00242. The Morgan fingerprint density at radius 3 is 2.47 bits per heavy atom. The Kier molecular flexibility index (Phi) is 6.96. The summed E-state index contributed by atoms with van der Waals surface area (Å²) >= 11 is 19.1. The molecule has 32 heavy (non-hydrogen) atoms. The molecule has 6 nitrogen and oxygen atoms in total. The summed E-state index contributed by atoms with van der Waals surface area (Å²) in [5.74, 6) is 0.622. The van der Waals surface area contributed by atoms with Crippen molar-refractivity contribution in [3.63, 3.8) is 0 Å². The van der Waals surface area contributed by atoms with Crippen molar-refractivity contribution in [3.05, 3.63) is 45.5 Å². The van der Waals surface area contributed by atoms with Gasteiger partial charge in [0.2, 0.25) is 5.91 Å². The first-order valence-corrected chi connectivity index (χ1v) is 13.9. The lowest BCUT2D eigenvalue weighted by Gasteiger charge is -2.37. The average Bonchev–Trinajstić information content (AvgIpc) is 3.13. The first-order chi connectivity index (χ1) is 14.8. The van der Waals surface area contributed by atoms with E-state index in [2.05, 4.69) is 49.3 Å². The third-order valence-electron chi connectivity index (χ3n) is 5.42. The largest absolute Gasteiger partial charge is 0.543 e. The molecule has 3 aromatic rings. The van der Waals surface area contributed by atoms with E-state index in [4.69, 9.17) is 43.8 Å². The first kappa shape index (κ1) is 24.6. The number of amides is 1. The molecule has 170 valence electrons. The van der Waals surface area contributed by atoms with Gasteiger partial charge in [-0.05, 0) is 30.3 Å². The number of hydrogen-bond acceptors (Lipinski definition) is 5. The van der Waals surface area contributed by atoms with Crippen LogP contribution < -0.4 is 9.74 Å². The quantitative estimate of drug-likeness (QED) is 0.354. The van der Waals surface area contributed by atoms with E-state index in [9.17, 15) is 4.79 Å². The molecule has 2 heterocycles. The smallest absolute Gasteiger partial charge is 0.250 e. The van der Waals surface area contributed by atoms with E-state index in [0.717, 1.165) is 0 Å². The van der Waals surface area contributed by atoms with Gasteiger partial charge in [0.15, 0.2) is 5.76 Å². The molecule has 0 atom stereocenters. The van der Waals surface area contributed by atoms with Crippen LogP contribution in [0.15, 0.2) is 35.0 Å². The maximum absolute atomic E-state index is 11.5. The molecule has 1 amide bonds. The molecule has 0 spiro atoms. The summed E-state index contributed by atoms with van der Waals surface area (Å²) in [6, 6.07) is 7.16. The second-order valence-corrected chi connectivity index (χ2v) is 14.8. The SMILES string of the molecule is CC(=O)Nc1c(Cl)cnc(-c2cc(-c3c(Cl)cccc3O[Si](C)(C)C(C)(C)C)no2)c1Cl. The fourth-order valence-electron chi connectivity index (χ4n) is 2.70. The Morgan fingerprint density at radius 1 is 1.16 bits per heavy atom. The molecule has 0 fully saturated rings. The normalized spacial score (nSPS) is 12.0. The predicted molar refractivity (Wildman–Crippen MR) is 132 cm³/mol. The lowest BCUT2D eigenvalue weighted by Crippen LogP contribution is -2.44. The minimum Gasteiger partial charge on any atom is -0.543 e. The Morgan fingerprint density at radius 2 is 1.84 bits per heavy atom. The maximum Gasteiger partial charge on any atom is 0.250 e. The zero-order valence-corrected chi connectivity index (χ0v) is 21.9. The molecule has 0 unspecified atom stereocenters. The maximum atomic E-state index is 11.5. The molecule has 3 rings (SSSR count). The van der Waals surface area contributed by atoms with Crippen LogP contribution >= 0.6 is 34.8 Å². The van der Waals surface area contributed by atoms with Gasteiger partial charge in [-0.2, -0.15) is 0 Å². The van der Waals surface area contributed by atoms with E-state index < -0.39 is 8.32 Å². The van der Waals surface area contributed by atoms with E-state index in [0.29, 0.717) is 27.8 Å². The summed E-state index contributed by atoms with van der Waals surface area (Å²) in [6.45, 7) is 12.2. The molecule has 0 radical (unpaired) electrons.